The zero-order chi connectivity index (χ0) is 8.97. The molecule has 1 amide bonds. The summed E-state index contributed by atoms with van der Waals surface area (Å²) < 4.78 is 4.72. The van der Waals surface area contributed by atoms with Crippen LogP contribution >= 0.6 is 0 Å². The number of cyclic esters (lactones) is 1. The van der Waals surface area contributed by atoms with Crippen LogP contribution in [0.25, 0.3) is 0 Å². The molecule has 0 radical (unpaired) electrons. The van der Waals surface area contributed by atoms with Crippen molar-refractivity contribution in [1.82, 2.24) is 4.90 Å². The maximum atomic E-state index is 10.9. The quantitative estimate of drug-likeness (QED) is 0.582. The maximum Gasteiger partial charge on any atom is 0.409 e. The summed E-state index contributed by atoms with van der Waals surface area (Å²) in [7, 11) is 0. The van der Waals surface area contributed by atoms with Crippen molar-refractivity contribution in [3.05, 3.63) is 0 Å². The maximum absolute atomic E-state index is 10.9. The minimum atomic E-state index is -0.278. The van der Waals surface area contributed by atoms with Crippen molar-refractivity contribution >= 4 is 6.09 Å². The SMILES string of the molecule is NC(CO)CCN1CCOC1=O. The fourth-order valence-electron chi connectivity index (χ4n) is 1.04. The van der Waals surface area contributed by atoms with Crippen LogP contribution in [0.4, 0.5) is 4.79 Å². The monoisotopic (exact) mass is 174 g/mol. The smallest absolute Gasteiger partial charge is 0.409 e. The van der Waals surface area contributed by atoms with Crippen LogP contribution in [0, 0.1) is 0 Å². The molecule has 0 aliphatic carbocycles. The van der Waals surface area contributed by atoms with Crippen molar-refractivity contribution < 1.29 is 14.6 Å². The van der Waals surface area contributed by atoms with Gasteiger partial charge in [0.25, 0.3) is 0 Å². The second-order valence-corrected chi connectivity index (χ2v) is 2.83. The Kier molecular flexibility index (Phi) is 3.31. The molecule has 70 valence electrons. The summed E-state index contributed by atoms with van der Waals surface area (Å²) in [6.45, 7) is 1.63. The summed E-state index contributed by atoms with van der Waals surface area (Å²) >= 11 is 0. The van der Waals surface area contributed by atoms with Crippen LogP contribution in [-0.4, -0.2) is 48.4 Å². The molecule has 1 aliphatic heterocycles. The highest BCUT2D eigenvalue weighted by Crippen LogP contribution is 2.04. The van der Waals surface area contributed by atoms with Gasteiger partial charge < -0.3 is 20.5 Å². The zero-order valence-electron chi connectivity index (χ0n) is 6.90. The number of hydrogen-bond acceptors (Lipinski definition) is 4. The number of nitrogens with two attached hydrogens (primary N) is 1. The Labute approximate surface area is 71.1 Å². The largest absolute Gasteiger partial charge is 0.448 e. The average molecular weight is 174 g/mol. The molecule has 1 unspecified atom stereocenters. The first-order chi connectivity index (χ1) is 5.74. The first-order valence-electron chi connectivity index (χ1n) is 4.02. The second-order valence-electron chi connectivity index (χ2n) is 2.83. The van der Waals surface area contributed by atoms with Gasteiger partial charge in [0.05, 0.1) is 13.2 Å². The number of ether oxygens (including phenoxy) is 1. The van der Waals surface area contributed by atoms with E-state index in [0.29, 0.717) is 26.1 Å². The molecule has 12 heavy (non-hydrogen) atoms. The van der Waals surface area contributed by atoms with E-state index < -0.39 is 0 Å². The van der Waals surface area contributed by atoms with E-state index >= 15 is 0 Å². The number of nitrogens with zero attached hydrogens (tertiary/aromatic N) is 1. The molecule has 3 N–H and O–H groups in total. The molecule has 5 nitrogen and oxygen atoms in total. The third-order valence-corrected chi connectivity index (χ3v) is 1.85. The Morgan fingerprint density at radius 1 is 1.75 bits per heavy atom. The molecule has 1 aliphatic rings. The number of hydrogen-bond donors (Lipinski definition) is 2. The Bertz CT molecular complexity index is 163. The number of aliphatic hydroxyl groups excluding tert-OH is 1. The van der Waals surface area contributed by atoms with E-state index in [1.54, 1.807) is 4.90 Å². The highest BCUT2D eigenvalue weighted by atomic mass is 16.6. The lowest BCUT2D eigenvalue weighted by atomic mass is 10.2. The summed E-state index contributed by atoms with van der Waals surface area (Å²) in [5.41, 5.74) is 5.47. The van der Waals surface area contributed by atoms with Gasteiger partial charge in [0, 0.05) is 12.6 Å². The van der Waals surface area contributed by atoms with Gasteiger partial charge in [0.2, 0.25) is 0 Å². The topological polar surface area (TPSA) is 75.8 Å². The summed E-state index contributed by atoms with van der Waals surface area (Å²) in [5, 5.41) is 8.61. The van der Waals surface area contributed by atoms with E-state index in [1.807, 2.05) is 0 Å². The van der Waals surface area contributed by atoms with Crippen LogP contribution in [-0.2, 0) is 4.74 Å². The van der Waals surface area contributed by atoms with E-state index in [9.17, 15) is 4.79 Å². The van der Waals surface area contributed by atoms with Gasteiger partial charge in [-0.3, -0.25) is 0 Å². The lowest BCUT2D eigenvalue weighted by Gasteiger charge is -2.14. The molecule has 0 aromatic carbocycles. The Hall–Kier alpha value is -0.810. The molecule has 1 heterocycles. The highest BCUT2D eigenvalue weighted by molar-refractivity contribution is 5.69. The average Bonchev–Trinajstić information content (AvgIpc) is 2.47. The van der Waals surface area contributed by atoms with Crippen molar-refractivity contribution in [3.8, 4) is 0 Å². The fraction of sp³-hybridized carbons (Fsp3) is 0.857. The highest BCUT2D eigenvalue weighted by Gasteiger charge is 2.21. The summed E-state index contributed by atoms with van der Waals surface area (Å²) in [6.07, 6.45) is 0.339. The van der Waals surface area contributed by atoms with Crippen molar-refractivity contribution in [2.24, 2.45) is 5.73 Å². The lowest BCUT2D eigenvalue weighted by molar-refractivity contribution is 0.156. The number of rotatable bonds is 4. The Morgan fingerprint density at radius 2 is 2.50 bits per heavy atom. The van der Waals surface area contributed by atoms with Gasteiger partial charge in [-0.05, 0) is 6.42 Å². The summed E-state index contributed by atoms with van der Waals surface area (Å²) in [6, 6.07) is -0.238. The van der Waals surface area contributed by atoms with Gasteiger partial charge in [-0.1, -0.05) is 0 Å². The van der Waals surface area contributed by atoms with E-state index in [1.165, 1.54) is 0 Å². The lowest BCUT2D eigenvalue weighted by Crippen LogP contribution is -2.32. The van der Waals surface area contributed by atoms with Crippen LogP contribution in [0.2, 0.25) is 0 Å². The zero-order valence-corrected chi connectivity index (χ0v) is 6.90. The van der Waals surface area contributed by atoms with Crippen molar-refractivity contribution in [3.63, 3.8) is 0 Å². The predicted molar refractivity (Wildman–Crippen MR) is 42.6 cm³/mol. The van der Waals surface area contributed by atoms with Gasteiger partial charge in [-0.25, -0.2) is 4.79 Å². The number of amides is 1. The van der Waals surface area contributed by atoms with Crippen LogP contribution in [0.3, 0.4) is 0 Å². The summed E-state index contributed by atoms with van der Waals surface area (Å²) in [5.74, 6) is 0. The van der Waals surface area contributed by atoms with Crippen LogP contribution in [0.1, 0.15) is 6.42 Å². The van der Waals surface area contributed by atoms with E-state index in [-0.39, 0.29) is 18.7 Å². The fourth-order valence-corrected chi connectivity index (χ4v) is 1.04. The standard InChI is InChI=1S/C7H14N2O3/c8-6(5-10)1-2-9-3-4-12-7(9)11/h6,10H,1-5,8H2. The minimum Gasteiger partial charge on any atom is -0.448 e. The molecule has 0 bridgehead atoms. The van der Waals surface area contributed by atoms with Gasteiger partial charge in [0.15, 0.2) is 0 Å². The molecule has 1 saturated heterocycles. The van der Waals surface area contributed by atoms with Crippen molar-refractivity contribution in [1.29, 1.82) is 0 Å². The van der Waals surface area contributed by atoms with Gasteiger partial charge >= 0.3 is 6.09 Å². The van der Waals surface area contributed by atoms with Crippen LogP contribution < -0.4 is 5.73 Å². The third-order valence-electron chi connectivity index (χ3n) is 1.85. The normalized spacial score (nSPS) is 19.5. The number of aliphatic hydroxyl groups is 1. The predicted octanol–water partition coefficient (Wildman–Crippen LogP) is -0.852. The first kappa shape index (κ1) is 9.28. The molecule has 1 atom stereocenters. The Morgan fingerprint density at radius 3 is 3.00 bits per heavy atom. The number of carbonyl (C=O) groups is 1. The van der Waals surface area contributed by atoms with Gasteiger partial charge in [-0.15, -0.1) is 0 Å². The first-order valence-corrected chi connectivity index (χ1v) is 4.02. The van der Waals surface area contributed by atoms with Crippen LogP contribution in [0.5, 0.6) is 0 Å². The third kappa shape index (κ3) is 2.35. The molecule has 1 rings (SSSR count). The molecule has 5 heteroatoms. The van der Waals surface area contributed by atoms with E-state index in [2.05, 4.69) is 0 Å². The Balaban J connectivity index is 2.18. The van der Waals surface area contributed by atoms with Crippen molar-refractivity contribution in [2.75, 3.05) is 26.3 Å². The van der Waals surface area contributed by atoms with Crippen LogP contribution in [0.15, 0.2) is 0 Å². The van der Waals surface area contributed by atoms with E-state index in [4.69, 9.17) is 15.6 Å². The summed E-state index contributed by atoms with van der Waals surface area (Å²) in [4.78, 5) is 12.5. The minimum absolute atomic E-state index is 0.0388. The molecular weight excluding hydrogens is 160 g/mol. The molecular formula is C7H14N2O3. The number of carbonyl (C=O) groups excluding carboxylic acids is 1. The van der Waals surface area contributed by atoms with Gasteiger partial charge in [-0.2, -0.15) is 0 Å². The molecule has 0 spiro atoms. The molecule has 0 aromatic heterocycles. The van der Waals surface area contributed by atoms with Crippen molar-refractivity contribution in [2.45, 2.75) is 12.5 Å². The molecule has 0 saturated carbocycles. The van der Waals surface area contributed by atoms with E-state index in [0.717, 1.165) is 0 Å². The molecule has 0 aromatic rings. The second kappa shape index (κ2) is 4.27. The molecule has 1 fully saturated rings. The van der Waals surface area contributed by atoms with Gasteiger partial charge in [0.1, 0.15) is 6.61 Å².